The van der Waals surface area contributed by atoms with Crippen LogP contribution in [0.1, 0.15) is 43.2 Å². The van der Waals surface area contributed by atoms with Crippen LogP contribution in [0.25, 0.3) is 0 Å². The van der Waals surface area contributed by atoms with E-state index in [-0.39, 0.29) is 39.1 Å². The second-order valence-electron chi connectivity index (χ2n) is 10.6. The predicted molar refractivity (Wildman–Crippen MR) is 159 cm³/mol. The first-order chi connectivity index (χ1) is 20.2. The molecule has 42 heavy (non-hydrogen) atoms. The topological polar surface area (TPSA) is 94.2 Å². The molecule has 2 aliphatic heterocycles. The zero-order chi connectivity index (χ0) is 30.1. The number of sulfonamides is 1. The van der Waals surface area contributed by atoms with Gasteiger partial charge in [0.25, 0.3) is 15.9 Å². The summed E-state index contributed by atoms with van der Waals surface area (Å²) >= 11 is 6.59. The lowest BCUT2D eigenvalue weighted by atomic mass is 9.71. The number of benzene rings is 3. The molecular formula is C31H34ClFN2O6S. The quantitative estimate of drug-likeness (QED) is 0.312. The molecule has 5 rings (SSSR count). The highest BCUT2D eigenvalue weighted by molar-refractivity contribution is 7.93. The van der Waals surface area contributed by atoms with Crippen LogP contribution in [0.4, 0.5) is 10.1 Å². The van der Waals surface area contributed by atoms with Crippen molar-refractivity contribution < 1.29 is 31.8 Å². The highest BCUT2D eigenvalue weighted by Crippen LogP contribution is 2.54. The molecule has 2 heterocycles. The summed E-state index contributed by atoms with van der Waals surface area (Å²) in [7, 11) is -0.384. The van der Waals surface area contributed by atoms with Crippen molar-refractivity contribution in [1.82, 2.24) is 5.32 Å². The molecule has 3 aromatic carbocycles. The Kier molecular flexibility index (Phi) is 8.68. The average molecular weight is 617 g/mol. The zero-order valence-corrected chi connectivity index (χ0v) is 25.4. The number of rotatable bonds is 10. The van der Waals surface area contributed by atoms with Crippen molar-refractivity contribution in [2.75, 3.05) is 38.7 Å². The van der Waals surface area contributed by atoms with E-state index >= 15 is 4.39 Å². The fourth-order valence-corrected chi connectivity index (χ4v) is 8.06. The Morgan fingerprint density at radius 3 is 2.36 bits per heavy atom. The number of amides is 1. The predicted octanol–water partition coefficient (Wildman–Crippen LogP) is 5.70. The Hall–Kier alpha value is -3.34. The summed E-state index contributed by atoms with van der Waals surface area (Å²) in [5.41, 5.74) is -1.17. The van der Waals surface area contributed by atoms with Crippen LogP contribution in [0.3, 0.4) is 0 Å². The van der Waals surface area contributed by atoms with Gasteiger partial charge in [-0.2, -0.15) is 0 Å². The van der Waals surface area contributed by atoms with Crippen molar-refractivity contribution >= 4 is 33.2 Å². The molecule has 2 aliphatic rings. The van der Waals surface area contributed by atoms with Crippen LogP contribution >= 0.6 is 11.6 Å². The lowest BCUT2D eigenvalue weighted by Gasteiger charge is -2.31. The summed E-state index contributed by atoms with van der Waals surface area (Å²) in [5, 5.41) is 3.54. The van der Waals surface area contributed by atoms with E-state index in [0.29, 0.717) is 23.7 Å². The highest BCUT2D eigenvalue weighted by atomic mass is 35.5. The summed E-state index contributed by atoms with van der Waals surface area (Å²) in [5.74, 6) is -0.362. The van der Waals surface area contributed by atoms with Crippen LogP contribution in [-0.2, 0) is 20.2 Å². The lowest BCUT2D eigenvalue weighted by molar-refractivity contribution is -0.121. The maximum atomic E-state index is 15.7. The van der Waals surface area contributed by atoms with E-state index < -0.39 is 27.2 Å². The maximum absolute atomic E-state index is 15.7. The zero-order valence-electron chi connectivity index (χ0n) is 23.8. The number of halogens is 2. The first-order valence-electron chi connectivity index (χ1n) is 13.8. The minimum absolute atomic E-state index is 0.000992. The molecule has 3 aromatic rings. The summed E-state index contributed by atoms with van der Waals surface area (Å²) in [6.07, 6.45) is 3.62. The Balaban J connectivity index is 1.71. The molecule has 8 nitrogen and oxygen atoms in total. The fourth-order valence-electron chi connectivity index (χ4n) is 6.20. The van der Waals surface area contributed by atoms with Gasteiger partial charge >= 0.3 is 0 Å². The van der Waals surface area contributed by atoms with Gasteiger partial charge in [-0.05, 0) is 68.1 Å². The molecule has 0 aliphatic carbocycles. The minimum Gasteiger partial charge on any atom is -0.497 e. The first-order valence-corrected chi connectivity index (χ1v) is 15.7. The molecule has 224 valence electrons. The Labute approximate surface area is 250 Å². The Bertz CT molecular complexity index is 1590. The number of carbonyl (C=O) groups excluding carboxylic acids is 1. The standard InChI is InChI=1S/C31H34ClFN2O6S/c1-39-21-10-11-29(28(17-21)41-3)42(37,38)35-26-19-27(40-2)24(32)18-23(26)31(30(35)36,22-8-4-5-9-25(22)33)14-6-7-20-12-15-34-16-13-20/h4-5,8-11,17-20,34H,6-7,12-16H2,1-3H3. The lowest BCUT2D eigenvalue weighted by Crippen LogP contribution is -2.44. The van der Waals surface area contributed by atoms with E-state index in [4.69, 9.17) is 25.8 Å². The SMILES string of the molecule is COc1ccc(S(=O)(=O)N2C(=O)C(CCCC3CCNCC3)(c3ccccc3F)c3cc(Cl)c(OC)cc32)c(OC)c1. The van der Waals surface area contributed by atoms with Gasteiger partial charge in [0, 0.05) is 17.7 Å². The van der Waals surface area contributed by atoms with Crippen LogP contribution < -0.4 is 23.8 Å². The number of carbonyl (C=O) groups is 1. The Morgan fingerprint density at radius 2 is 1.69 bits per heavy atom. The number of ether oxygens (including phenoxy) is 3. The van der Waals surface area contributed by atoms with Gasteiger partial charge in [0.05, 0.1) is 32.0 Å². The average Bonchev–Trinajstić information content (AvgIpc) is 3.24. The number of anilines is 1. The monoisotopic (exact) mass is 616 g/mol. The molecule has 1 amide bonds. The van der Waals surface area contributed by atoms with Crippen LogP contribution in [-0.4, -0.2) is 48.7 Å². The maximum Gasteiger partial charge on any atom is 0.274 e. The normalized spacial score (nSPS) is 19.1. The van der Waals surface area contributed by atoms with E-state index in [2.05, 4.69) is 5.32 Å². The van der Waals surface area contributed by atoms with Crippen LogP contribution in [0.5, 0.6) is 17.2 Å². The van der Waals surface area contributed by atoms with Crippen molar-refractivity contribution in [2.24, 2.45) is 5.92 Å². The van der Waals surface area contributed by atoms with E-state index in [0.717, 1.165) is 36.7 Å². The molecule has 1 saturated heterocycles. The third-order valence-corrected chi connectivity index (χ3v) is 10.4. The van der Waals surface area contributed by atoms with Crippen molar-refractivity contribution in [3.8, 4) is 17.2 Å². The van der Waals surface area contributed by atoms with Crippen molar-refractivity contribution in [1.29, 1.82) is 0 Å². The molecule has 1 atom stereocenters. The van der Waals surface area contributed by atoms with E-state index in [9.17, 15) is 13.2 Å². The summed E-state index contributed by atoms with van der Waals surface area (Å²) in [6.45, 7) is 1.85. The highest BCUT2D eigenvalue weighted by Gasteiger charge is 2.57. The van der Waals surface area contributed by atoms with E-state index in [1.807, 2.05) is 0 Å². The number of hydrogen-bond acceptors (Lipinski definition) is 7. The van der Waals surface area contributed by atoms with Gasteiger partial charge in [0.2, 0.25) is 0 Å². The van der Waals surface area contributed by atoms with E-state index in [1.165, 1.54) is 57.7 Å². The van der Waals surface area contributed by atoms with Gasteiger partial charge in [-0.15, -0.1) is 0 Å². The molecule has 0 spiro atoms. The van der Waals surface area contributed by atoms with E-state index in [1.54, 1.807) is 18.2 Å². The minimum atomic E-state index is -4.57. The smallest absolute Gasteiger partial charge is 0.274 e. The molecule has 1 unspecified atom stereocenters. The van der Waals surface area contributed by atoms with Gasteiger partial charge in [-0.3, -0.25) is 4.79 Å². The number of nitrogens with one attached hydrogen (secondary N) is 1. The summed E-state index contributed by atoms with van der Waals surface area (Å²) < 4.78 is 61.3. The van der Waals surface area contributed by atoms with Gasteiger partial charge < -0.3 is 19.5 Å². The van der Waals surface area contributed by atoms with Gasteiger partial charge in [-0.1, -0.05) is 42.6 Å². The van der Waals surface area contributed by atoms with Crippen molar-refractivity contribution in [3.63, 3.8) is 0 Å². The third kappa shape index (κ3) is 5.09. The second kappa shape index (κ2) is 12.1. The summed E-state index contributed by atoms with van der Waals surface area (Å²) in [6, 6.07) is 13.2. The first kappa shape index (κ1) is 30.1. The van der Waals surface area contributed by atoms with Gasteiger partial charge in [-0.25, -0.2) is 17.1 Å². The number of piperidine rings is 1. The van der Waals surface area contributed by atoms with Crippen molar-refractivity contribution in [2.45, 2.75) is 42.4 Å². The molecule has 0 bridgehead atoms. The molecule has 0 saturated carbocycles. The molecule has 11 heteroatoms. The summed E-state index contributed by atoms with van der Waals surface area (Å²) in [4.78, 5) is 14.6. The number of fused-ring (bicyclic) bond motifs is 1. The molecule has 1 N–H and O–H groups in total. The van der Waals surface area contributed by atoms with Crippen LogP contribution in [0, 0.1) is 11.7 Å². The number of hydrogen-bond donors (Lipinski definition) is 1. The molecule has 0 radical (unpaired) electrons. The number of methoxy groups -OCH3 is 3. The second-order valence-corrected chi connectivity index (χ2v) is 12.7. The van der Waals surface area contributed by atoms with Gasteiger partial charge in [0.15, 0.2) is 0 Å². The molecular weight excluding hydrogens is 583 g/mol. The third-order valence-electron chi connectivity index (χ3n) is 8.34. The van der Waals surface area contributed by atoms with Crippen LogP contribution in [0.15, 0.2) is 59.5 Å². The molecule has 1 fully saturated rings. The van der Waals surface area contributed by atoms with Crippen molar-refractivity contribution in [3.05, 3.63) is 76.6 Å². The largest absolute Gasteiger partial charge is 0.497 e. The molecule has 0 aromatic heterocycles. The van der Waals surface area contributed by atoms with Gasteiger partial charge in [0.1, 0.15) is 33.4 Å². The fraction of sp³-hybridized carbons (Fsp3) is 0.387. The van der Waals surface area contributed by atoms with Crippen LogP contribution in [0.2, 0.25) is 5.02 Å². The Morgan fingerprint density at radius 1 is 0.976 bits per heavy atom. The number of nitrogens with zero attached hydrogens (tertiary/aromatic N) is 1.